The van der Waals surface area contributed by atoms with Gasteiger partial charge in [-0.05, 0) is 28.1 Å². The van der Waals surface area contributed by atoms with Gasteiger partial charge in [0.2, 0.25) is 0 Å². The van der Waals surface area contributed by atoms with E-state index < -0.39 is 0 Å². The van der Waals surface area contributed by atoms with Gasteiger partial charge in [0, 0.05) is 6.20 Å². The topological polar surface area (TPSA) is 69.0 Å². The van der Waals surface area contributed by atoms with Gasteiger partial charge in [-0.1, -0.05) is 0 Å². The molecule has 0 saturated carbocycles. The number of hydrogen-bond acceptors (Lipinski definition) is 5. The SMILES string of the molecule is c1cc([C@H]2CO2)cc(-n2cnnn2)n1. The first-order valence-electron chi connectivity index (χ1n) is 4.24. The standard InChI is InChI=1S/C8H7N5O/c1-2-9-8(13-5-10-11-12-13)3-6(1)7-4-14-7/h1-3,5,7H,4H2/t7-/m1/s1. The van der Waals surface area contributed by atoms with Gasteiger partial charge < -0.3 is 4.74 Å². The van der Waals surface area contributed by atoms with E-state index >= 15 is 0 Å². The van der Waals surface area contributed by atoms with Gasteiger partial charge in [0.05, 0.1) is 6.61 Å². The Kier molecular flexibility index (Phi) is 1.54. The molecule has 14 heavy (non-hydrogen) atoms. The zero-order chi connectivity index (χ0) is 9.38. The van der Waals surface area contributed by atoms with Gasteiger partial charge in [-0.3, -0.25) is 0 Å². The highest BCUT2D eigenvalue weighted by atomic mass is 16.6. The summed E-state index contributed by atoms with van der Waals surface area (Å²) in [5.74, 6) is 0.711. The molecule has 2 aromatic heterocycles. The minimum Gasteiger partial charge on any atom is -0.368 e. The monoisotopic (exact) mass is 189 g/mol. The van der Waals surface area contributed by atoms with E-state index in [0.717, 1.165) is 12.2 Å². The average Bonchev–Trinajstić information content (AvgIpc) is 2.94. The van der Waals surface area contributed by atoms with Crippen LogP contribution in [0.1, 0.15) is 11.7 Å². The lowest BCUT2D eigenvalue weighted by atomic mass is 10.2. The van der Waals surface area contributed by atoms with E-state index in [0.29, 0.717) is 5.82 Å². The van der Waals surface area contributed by atoms with Gasteiger partial charge in [0.15, 0.2) is 5.82 Å². The van der Waals surface area contributed by atoms with Crippen LogP contribution in [0.5, 0.6) is 0 Å². The van der Waals surface area contributed by atoms with E-state index in [1.807, 2.05) is 12.1 Å². The molecule has 1 saturated heterocycles. The van der Waals surface area contributed by atoms with Crippen LogP contribution in [-0.4, -0.2) is 31.8 Å². The summed E-state index contributed by atoms with van der Waals surface area (Å²) in [5, 5.41) is 10.9. The van der Waals surface area contributed by atoms with Crippen molar-refractivity contribution >= 4 is 0 Å². The predicted molar refractivity (Wildman–Crippen MR) is 45.6 cm³/mol. The molecule has 0 bridgehead atoms. The maximum absolute atomic E-state index is 5.18. The largest absolute Gasteiger partial charge is 0.368 e. The summed E-state index contributed by atoms with van der Waals surface area (Å²) < 4.78 is 6.70. The highest BCUT2D eigenvalue weighted by Gasteiger charge is 2.25. The number of epoxide rings is 1. The Bertz CT molecular complexity index is 437. The summed E-state index contributed by atoms with van der Waals surface area (Å²) in [6.07, 6.45) is 3.47. The molecule has 0 aromatic carbocycles. The van der Waals surface area contributed by atoms with Crippen molar-refractivity contribution < 1.29 is 4.74 Å². The summed E-state index contributed by atoms with van der Waals surface area (Å²) in [6, 6.07) is 3.86. The molecule has 1 atom stereocenters. The van der Waals surface area contributed by atoms with Gasteiger partial charge in [-0.2, -0.15) is 4.68 Å². The zero-order valence-corrected chi connectivity index (χ0v) is 7.24. The van der Waals surface area contributed by atoms with Crippen LogP contribution in [-0.2, 0) is 4.74 Å². The third-order valence-electron chi connectivity index (χ3n) is 2.06. The molecule has 0 unspecified atom stereocenters. The van der Waals surface area contributed by atoms with Crippen molar-refractivity contribution in [3.8, 4) is 5.82 Å². The molecular formula is C8H7N5O. The maximum Gasteiger partial charge on any atom is 0.157 e. The summed E-state index contributed by atoms with van der Waals surface area (Å²) in [7, 11) is 0. The Morgan fingerprint density at radius 2 is 2.43 bits per heavy atom. The van der Waals surface area contributed by atoms with E-state index in [2.05, 4.69) is 20.5 Å². The summed E-state index contributed by atoms with van der Waals surface area (Å²) in [6.45, 7) is 0.791. The molecule has 1 aliphatic heterocycles. The van der Waals surface area contributed by atoms with Gasteiger partial charge in [0.25, 0.3) is 0 Å². The normalized spacial score (nSPS) is 19.6. The van der Waals surface area contributed by atoms with Crippen molar-refractivity contribution in [1.82, 2.24) is 25.2 Å². The molecule has 3 heterocycles. The average molecular weight is 189 g/mol. The van der Waals surface area contributed by atoms with Crippen LogP contribution in [0, 0.1) is 0 Å². The lowest BCUT2D eigenvalue weighted by molar-refractivity contribution is 0.415. The minimum atomic E-state index is 0.230. The fourth-order valence-corrected chi connectivity index (χ4v) is 1.27. The Morgan fingerprint density at radius 3 is 3.14 bits per heavy atom. The van der Waals surface area contributed by atoms with Crippen LogP contribution in [0.2, 0.25) is 0 Å². The first kappa shape index (κ1) is 7.57. The van der Waals surface area contributed by atoms with Crippen LogP contribution in [0.4, 0.5) is 0 Å². The highest BCUT2D eigenvalue weighted by molar-refractivity contribution is 5.29. The molecule has 6 heteroatoms. The second-order valence-corrected chi connectivity index (χ2v) is 3.02. The first-order valence-corrected chi connectivity index (χ1v) is 4.24. The number of tetrazole rings is 1. The Labute approximate surface area is 79.5 Å². The van der Waals surface area contributed by atoms with Crippen LogP contribution in [0.15, 0.2) is 24.7 Å². The van der Waals surface area contributed by atoms with Gasteiger partial charge in [-0.15, -0.1) is 5.10 Å². The molecule has 6 nitrogen and oxygen atoms in total. The second kappa shape index (κ2) is 2.85. The van der Waals surface area contributed by atoms with Crippen molar-refractivity contribution in [2.75, 3.05) is 6.61 Å². The second-order valence-electron chi connectivity index (χ2n) is 3.02. The minimum absolute atomic E-state index is 0.230. The summed E-state index contributed by atoms with van der Waals surface area (Å²) in [5.41, 5.74) is 1.12. The van der Waals surface area contributed by atoms with Crippen LogP contribution in [0.3, 0.4) is 0 Å². The Hall–Kier alpha value is -1.82. The maximum atomic E-state index is 5.18. The van der Waals surface area contributed by atoms with Crippen LogP contribution in [0.25, 0.3) is 5.82 Å². The first-order chi connectivity index (χ1) is 6.93. The lowest BCUT2D eigenvalue weighted by Crippen LogP contribution is -1.99. The number of rotatable bonds is 2. The zero-order valence-electron chi connectivity index (χ0n) is 7.24. The summed E-state index contributed by atoms with van der Waals surface area (Å²) in [4.78, 5) is 4.16. The van der Waals surface area contributed by atoms with Crippen molar-refractivity contribution in [3.05, 3.63) is 30.2 Å². The van der Waals surface area contributed by atoms with Crippen molar-refractivity contribution in [2.45, 2.75) is 6.10 Å². The molecule has 2 aromatic rings. The van der Waals surface area contributed by atoms with Crippen molar-refractivity contribution in [3.63, 3.8) is 0 Å². The Balaban J connectivity index is 2.02. The van der Waals surface area contributed by atoms with E-state index in [-0.39, 0.29) is 6.10 Å². The molecule has 0 amide bonds. The third kappa shape index (κ3) is 1.25. The summed E-state index contributed by atoms with van der Waals surface area (Å²) >= 11 is 0. The number of pyridine rings is 1. The molecule has 70 valence electrons. The van der Waals surface area contributed by atoms with E-state index in [1.165, 1.54) is 11.0 Å². The fourth-order valence-electron chi connectivity index (χ4n) is 1.27. The molecule has 0 N–H and O–H groups in total. The smallest absolute Gasteiger partial charge is 0.157 e. The molecule has 0 aliphatic carbocycles. The number of aromatic nitrogens is 5. The van der Waals surface area contributed by atoms with Gasteiger partial charge in [-0.25, -0.2) is 4.98 Å². The van der Waals surface area contributed by atoms with Crippen LogP contribution < -0.4 is 0 Å². The highest BCUT2D eigenvalue weighted by Crippen LogP contribution is 2.29. The number of nitrogens with zero attached hydrogens (tertiary/aromatic N) is 5. The molecule has 0 radical (unpaired) electrons. The molecule has 1 fully saturated rings. The van der Waals surface area contributed by atoms with E-state index in [1.54, 1.807) is 6.20 Å². The number of hydrogen-bond donors (Lipinski definition) is 0. The van der Waals surface area contributed by atoms with Gasteiger partial charge >= 0.3 is 0 Å². The lowest BCUT2D eigenvalue weighted by Gasteiger charge is -1.99. The molecule has 3 rings (SSSR count). The quantitative estimate of drug-likeness (QED) is 0.628. The predicted octanol–water partition coefficient (Wildman–Crippen LogP) is 0.129. The molecule has 1 aliphatic rings. The Morgan fingerprint density at radius 1 is 1.50 bits per heavy atom. The molecule has 0 spiro atoms. The van der Waals surface area contributed by atoms with Gasteiger partial charge in [0.1, 0.15) is 12.4 Å². The fraction of sp³-hybridized carbons (Fsp3) is 0.250. The number of ether oxygens (including phenoxy) is 1. The van der Waals surface area contributed by atoms with Crippen molar-refractivity contribution in [1.29, 1.82) is 0 Å². The van der Waals surface area contributed by atoms with E-state index in [4.69, 9.17) is 4.74 Å². The van der Waals surface area contributed by atoms with Crippen molar-refractivity contribution in [2.24, 2.45) is 0 Å². The molecular weight excluding hydrogens is 182 g/mol. The third-order valence-corrected chi connectivity index (χ3v) is 2.06. The van der Waals surface area contributed by atoms with E-state index in [9.17, 15) is 0 Å². The van der Waals surface area contributed by atoms with Crippen LogP contribution >= 0.6 is 0 Å².